The predicted octanol–water partition coefficient (Wildman–Crippen LogP) is 7.36. The fourth-order valence-electron chi connectivity index (χ4n) is 4.01. The zero-order valence-corrected chi connectivity index (χ0v) is 19.7. The summed E-state index contributed by atoms with van der Waals surface area (Å²) in [6.07, 6.45) is 2.40. The number of aliphatic carboxylic acids is 1. The van der Waals surface area contributed by atoms with E-state index >= 15 is 0 Å². The van der Waals surface area contributed by atoms with Crippen LogP contribution in [0.2, 0.25) is 0 Å². The van der Waals surface area contributed by atoms with Crippen molar-refractivity contribution in [1.82, 2.24) is 0 Å². The van der Waals surface area contributed by atoms with Crippen LogP contribution in [0.4, 0.5) is 13.2 Å². The summed E-state index contributed by atoms with van der Waals surface area (Å²) < 4.78 is 48.3. The van der Waals surface area contributed by atoms with Gasteiger partial charge in [0, 0.05) is 11.6 Å². The minimum atomic E-state index is -4.61. The molecule has 1 aliphatic carbocycles. The van der Waals surface area contributed by atoms with Gasteiger partial charge in [0.15, 0.2) is 0 Å². The Hall–Kier alpha value is -2.50. The minimum absolute atomic E-state index is 0.0139. The molecule has 0 heterocycles. The van der Waals surface area contributed by atoms with Crippen LogP contribution in [0.3, 0.4) is 0 Å². The first-order chi connectivity index (χ1) is 14.7. The Kier molecular flexibility index (Phi) is 7.69. The number of carbonyl (C=O) groups is 1. The highest BCUT2D eigenvalue weighted by atomic mass is 19.4. The van der Waals surface area contributed by atoms with Crippen molar-refractivity contribution in [2.45, 2.75) is 77.8 Å². The lowest BCUT2D eigenvalue weighted by Gasteiger charge is -2.42. The molecule has 3 nitrogen and oxygen atoms in total. The second-order valence-electron chi connectivity index (χ2n) is 9.67. The van der Waals surface area contributed by atoms with Crippen molar-refractivity contribution in [3.63, 3.8) is 0 Å². The van der Waals surface area contributed by atoms with Gasteiger partial charge < -0.3 is 9.84 Å². The van der Waals surface area contributed by atoms with Crippen LogP contribution in [-0.4, -0.2) is 23.9 Å². The number of carboxylic acids is 1. The Balaban J connectivity index is 2.73. The van der Waals surface area contributed by atoms with Crippen molar-refractivity contribution in [2.24, 2.45) is 0 Å². The van der Waals surface area contributed by atoms with Crippen LogP contribution in [0.5, 0.6) is 5.75 Å². The molecule has 0 atom stereocenters. The summed E-state index contributed by atoms with van der Waals surface area (Å²) in [5.41, 5.74) is 1.07. The first kappa shape index (κ1) is 25.8. The van der Waals surface area contributed by atoms with E-state index in [1.165, 1.54) is 19.1 Å². The number of allylic oxidation sites excluding steroid dienone is 5. The quantitative estimate of drug-likeness (QED) is 0.349. The van der Waals surface area contributed by atoms with E-state index in [-0.39, 0.29) is 22.1 Å². The number of benzene rings is 1. The van der Waals surface area contributed by atoms with Crippen LogP contribution < -0.4 is 4.74 Å². The Labute approximate surface area is 188 Å². The van der Waals surface area contributed by atoms with Crippen LogP contribution in [0.15, 0.2) is 42.0 Å². The largest absolute Gasteiger partial charge is 0.493 e. The van der Waals surface area contributed by atoms with E-state index < -0.39 is 17.7 Å². The molecule has 176 valence electrons. The third-order valence-corrected chi connectivity index (χ3v) is 5.98. The van der Waals surface area contributed by atoms with Crippen LogP contribution >= 0.6 is 0 Å². The van der Waals surface area contributed by atoms with Gasteiger partial charge >= 0.3 is 12.1 Å². The maximum absolute atomic E-state index is 14.2. The van der Waals surface area contributed by atoms with Gasteiger partial charge in [-0.15, -0.1) is 0 Å². The standard InChI is InChI=1S/C26H33F3O3/c1-7-13-32-22-16-21-20(24(3,4)11-12-25(21,5)6)15-18(22)19(26(27,28)29)10-8-9-17(2)14-23(30)31/h8-10,14-16H,7,11-13H2,1-6H3,(H,30,31)/b9-8+,17-14+,19-10+. The van der Waals surface area contributed by atoms with Crippen LogP contribution in [0.25, 0.3) is 5.57 Å². The number of ether oxygens (including phenoxy) is 1. The van der Waals surface area contributed by atoms with Crippen molar-refractivity contribution in [3.8, 4) is 5.75 Å². The minimum Gasteiger partial charge on any atom is -0.493 e. The van der Waals surface area contributed by atoms with Gasteiger partial charge in [-0.25, -0.2) is 4.79 Å². The second kappa shape index (κ2) is 9.55. The molecule has 0 saturated heterocycles. The molecule has 32 heavy (non-hydrogen) atoms. The summed E-state index contributed by atoms with van der Waals surface area (Å²) >= 11 is 0. The van der Waals surface area contributed by atoms with Crippen molar-refractivity contribution >= 4 is 11.5 Å². The average Bonchev–Trinajstić information content (AvgIpc) is 2.65. The van der Waals surface area contributed by atoms with Crippen molar-refractivity contribution in [1.29, 1.82) is 0 Å². The molecule has 0 bridgehead atoms. The van der Waals surface area contributed by atoms with Gasteiger partial charge in [-0.1, -0.05) is 46.8 Å². The van der Waals surface area contributed by atoms with E-state index in [1.54, 1.807) is 12.1 Å². The zero-order chi connectivity index (χ0) is 24.3. The molecule has 0 amide bonds. The molecule has 1 N–H and O–H groups in total. The summed E-state index contributed by atoms with van der Waals surface area (Å²) in [5, 5.41) is 8.80. The van der Waals surface area contributed by atoms with Gasteiger partial charge in [0.05, 0.1) is 12.2 Å². The topological polar surface area (TPSA) is 46.5 Å². The van der Waals surface area contributed by atoms with Gasteiger partial charge in [-0.2, -0.15) is 13.2 Å². The Bertz CT molecular complexity index is 948. The molecule has 1 aromatic rings. The van der Waals surface area contributed by atoms with Gasteiger partial charge in [0.2, 0.25) is 0 Å². The van der Waals surface area contributed by atoms with E-state index in [0.717, 1.165) is 36.1 Å². The van der Waals surface area contributed by atoms with Gasteiger partial charge in [-0.05, 0) is 71.9 Å². The van der Waals surface area contributed by atoms with E-state index in [0.29, 0.717) is 18.6 Å². The molecule has 0 aromatic heterocycles. The van der Waals surface area contributed by atoms with Crippen LogP contribution in [0.1, 0.15) is 77.5 Å². The summed E-state index contributed by atoms with van der Waals surface area (Å²) in [7, 11) is 0. The third-order valence-electron chi connectivity index (χ3n) is 5.98. The number of rotatable bonds is 7. The number of hydrogen-bond donors (Lipinski definition) is 1. The molecule has 6 heteroatoms. The number of carboxylic acid groups (broad SMARTS) is 1. The Morgan fingerprint density at radius 2 is 1.69 bits per heavy atom. The number of hydrogen-bond acceptors (Lipinski definition) is 2. The third kappa shape index (κ3) is 6.05. The maximum Gasteiger partial charge on any atom is 0.417 e. The normalized spacial score (nSPS) is 18.5. The highest BCUT2D eigenvalue weighted by molar-refractivity contribution is 5.81. The summed E-state index contributed by atoms with van der Waals surface area (Å²) in [6.45, 7) is 12.1. The zero-order valence-electron chi connectivity index (χ0n) is 19.7. The molecular weight excluding hydrogens is 417 g/mol. The lowest BCUT2D eigenvalue weighted by Crippen LogP contribution is -2.34. The maximum atomic E-state index is 14.2. The molecule has 1 aromatic carbocycles. The SMILES string of the molecule is CCCOc1cc2c(cc1\C(=C/C=C/C(C)=C/C(=O)O)C(F)(F)F)C(C)(C)CCC2(C)C. The van der Waals surface area contributed by atoms with Crippen molar-refractivity contribution < 1.29 is 27.8 Å². The molecule has 1 aliphatic rings. The Morgan fingerprint density at radius 3 is 2.19 bits per heavy atom. The highest BCUT2D eigenvalue weighted by Gasteiger charge is 2.41. The fraction of sp³-hybridized carbons (Fsp3) is 0.500. The lowest BCUT2D eigenvalue weighted by atomic mass is 9.62. The number of halogens is 3. The molecule has 0 saturated carbocycles. The van der Waals surface area contributed by atoms with Crippen LogP contribution in [-0.2, 0) is 15.6 Å². The average molecular weight is 451 g/mol. The monoisotopic (exact) mass is 450 g/mol. The van der Waals surface area contributed by atoms with E-state index in [2.05, 4.69) is 27.7 Å². The molecular formula is C26H33F3O3. The van der Waals surface area contributed by atoms with Gasteiger partial charge in [0.1, 0.15) is 5.75 Å². The predicted molar refractivity (Wildman–Crippen MR) is 122 cm³/mol. The Morgan fingerprint density at radius 1 is 1.12 bits per heavy atom. The second-order valence-corrected chi connectivity index (χ2v) is 9.67. The fourth-order valence-corrected chi connectivity index (χ4v) is 4.01. The smallest absolute Gasteiger partial charge is 0.417 e. The van der Waals surface area contributed by atoms with E-state index in [1.807, 2.05) is 6.92 Å². The lowest BCUT2D eigenvalue weighted by molar-refractivity contribution is -0.131. The first-order valence-corrected chi connectivity index (χ1v) is 10.9. The van der Waals surface area contributed by atoms with Gasteiger partial charge in [-0.3, -0.25) is 0 Å². The molecule has 2 rings (SSSR count). The molecule has 0 radical (unpaired) electrons. The summed E-state index contributed by atoms with van der Waals surface area (Å²) in [5.74, 6) is -0.923. The highest BCUT2D eigenvalue weighted by Crippen LogP contribution is 2.50. The molecule has 0 fully saturated rings. The van der Waals surface area contributed by atoms with Crippen LogP contribution in [0, 0.1) is 0 Å². The summed E-state index contributed by atoms with van der Waals surface area (Å²) in [4.78, 5) is 10.8. The molecule has 0 aliphatic heterocycles. The number of fused-ring (bicyclic) bond motifs is 1. The van der Waals surface area contributed by atoms with Crippen molar-refractivity contribution in [2.75, 3.05) is 6.61 Å². The van der Waals surface area contributed by atoms with E-state index in [9.17, 15) is 18.0 Å². The van der Waals surface area contributed by atoms with Crippen molar-refractivity contribution in [3.05, 3.63) is 58.7 Å². The first-order valence-electron chi connectivity index (χ1n) is 10.9. The molecule has 0 spiro atoms. The van der Waals surface area contributed by atoms with E-state index in [4.69, 9.17) is 9.84 Å². The summed E-state index contributed by atoms with van der Waals surface area (Å²) in [6, 6.07) is 3.44. The number of alkyl halides is 3. The molecule has 0 unspecified atom stereocenters. The van der Waals surface area contributed by atoms with Gasteiger partial charge in [0.25, 0.3) is 0 Å².